The Morgan fingerprint density at radius 1 is 1.17 bits per heavy atom. The summed E-state index contributed by atoms with van der Waals surface area (Å²) in [6, 6.07) is 6.97. The van der Waals surface area contributed by atoms with Crippen LogP contribution in [0.15, 0.2) is 36.9 Å². The Balaban J connectivity index is 1.58. The lowest BCUT2D eigenvalue weighted by atomic mass is 10.2. The van der Waals surface area contributed by atoms with Crippen LogP contribution in [-0.2, 0) is 10.0 Å². The molecule has 1 aliphatic rings. The summed E-state index contributed by atoms with van der Waals surface area (Å²) in [4.78, 5) is 12.2. The normalized spacial score (nSPS) is 15.5. The molecule has 3 rings (SSSR count). The van der Waals surface area contributed by atoms with Crippen molar-refractivity contribution in [3.63, 3.8) is 0 Å². The highest BCUT2D eigenvalue weighted by Crippen LogP contribution is 2.13. The Morgan fingerprint density at radius 3 is 2.58 bits per heavy atom. The van der Waals surface area contributed by atoms with Crippen LogP contribution in [-0.4, -0.2) is 58.8 Å². The molecule has 0 atom stereocenters. The molecule has 9 heteroatoms. The highest BCUT2D eigenvalue weighted by atomic mass is 32.2. The summed E-state index contributed by atoms with van der Waals surface area (Å²) in [5.41, 5.74) is 1.22. The SMILES string of the molecule is O=C(NCCS(=O)(=O)N1CCCC1)c1cccc(-n2cnnc2)c1. The van der Waals surface area contributed by atoms with Gasteiger partial charge in [-0.25, -0.2) is 12.7 Å². The van der Waals surface area contributed by atoms with E-state index in [1.165, 1.54) is 4.31 Å². The van der Waals surface area contributed by atoms with Crippen molar-refractivity contribution in [3.05, 3.63) is 42.5 Å². The molecule has 0 aliphatic carbocycles. The number of aromatic nitrogens is 3. The van der Waals surface area contributed by atoms with Crippen molar-refractivity contribution in [1.82, 2.24) is 24.4 Å². The van der Waals surface area contributed by atoms with Crippen LogP contribution in [0.5, 0.6) is 0 Å². The number of hydrogen-bond acceptors (Lipinski definition) is 5. The first-order valence-corrected chi connectivity index (χ1v) is 9.38. The minimum atomic E-state index is -3.28. The van der Waals surface area contributed by atoms with Crippen molar-refractivity contribution in [1.29, 1.82) is 0 Å². The van der Waals surface area contributed by atoms with E-state index in [2.05, 4.69) is 15.5 Å². The van der Waals surface area contributed by atoms with Crippen molar-refractivity contribution >= 4 is 15.9 Å². The van der Waals surface area contributed by atoms with Gasteiger partial charge in [-0.3, -0.25) is 9.36 Å². The third-order valence-electron chi connectivity index (χ3n) is 3.93. The average Bonchev–Trinajstić information content (AvgIpc) is 3.28. The molecule has 1 aromatic heterocycles. The number of amides is 1. The first-order chi connectivity index (χ1) is 11.6. The highest BCUT2D eigenvalue weighted by molar-refractivity contribution is 7.89. The minimum Gasteiger partial charge on any atom is -0.351 e. The largest absolute Gasteiger partial charge is 0.351 e. The molecule has 1 aromatic carbocycles. The Hall–Kier alpha value is -2.26. The zero-order chi connectivity index (χ0) is 17.0. The van der Waals surface area contributed by atoms with Crippen LogP contribution in [0, 0.1) is 0 Å². The predicted molar refractivity (Wildman–Crippen MR) is 88.3 cm³/mol. The molecule has 0 radical (unpaired) electrons. The lowest BCUT2D eigenvalue weighted by Crippen LogP contribution is -2.36. The van der Waals surface area contributed by atoms with E-state index in [0.29, 0.717) is 18.7 Å². The summed E-state index contributed by atoms with van der Waals surface area (Å²) in [5.74, 6) is -0.384. The fourth-order valence-electron chi connectivity index (χ4n) is 2.63. The number of carbonyl (C=O) groups excluding carboxylic acids is 1. The Labute approximate surface area is 140 Å². The number of benzene rings is 1. The summed E-state index contributed by atoms with van der Waals surface area (Å²) in [6.45, 7) is 1.25. The molecule has 1 aliphatic heterocycles. The first kappa shape index (κ1) is 16.6. The van der Waals surface area contributed by atoms with Crippen LogP contribution in [0.25, 0.3) is 5.69 Å². The molecule has 0 unspecified atom stereocenters. The zero-order valence-electron chi connectivity index (χ0n) is 13.1. The van der Waals surface area contributed by atoms with Crippen molar-refractivity contribution in [2.75, 3.05) is 25.4 Å². The topological polar surface area (TPSA) is 97.2 Å². The maximum absolute atomic E-state index is 12.2. The third kappa shape index (κ3) is 3.80. The molecule has 24 heavy (non-hydrogen) atoms. The fourth-order valence-corrected chi connectivity index (χ4v) is 4.07. The van der Waals surface area contributed by atoms with E-state index in [4.69, 9.17) is 0 Å². The van der Waals surface area contributed by atoms with E-state index in [1.54, 1.807) is 35.4 Å². The molecule has 8 nitrogen and oxygen atoms in total. The molecule has 2 heterocycles. The van der Waals surface area contributed by atoms with Crippen molar-refractivity contribution in [3.8, 4) is 5.69 Å². The van der Waals surface area contributed by atoms with Gasteiger partial charge in [-0.05, 0) is 31.0 Å². The second kappa shape index (κ2) is 7.10. The Morgan fingerprint density at radius 2 is 1.88 bits per heavy atom. The molecular formula is C15H19N5O3S. The number of rotatable bonds is 6. The summed E-state index contributed by atoms with van der Waals surface area (Å²) < 4.78 is 27.4. The zero-order valence-corrected chi connectivity index (χ0v) is 13.9. The van der Waals surface area contributed by atoms with Gasteiger partial charge in [-0.1, -0.05) is 6.07 Å². The van der Waals surface area contributed by atoms with Gasteiger partial charge in [0.15, 0.2) is 0 Å². The van der Waals surface area contributed by atoms with Crippen molar-refractivity contribution in [2.24, 2.45) is 0 Å². The second-order valence-corrected chi connectivity index (χ2v) is 7.69. The van der Waals surface area contributed by atoms with Crippen molar-refractivity contribution < 1.29 is 13.2 Å². The second-order valence-electron chi connectivity index (χ2n) is 5.60. The monoisotopic (exact) mass is 349 g/mol. The molecule has 1 fully saturated rings. The third-order valence-corrected chi connectivity index (χ3v) is 5.80. The molecule has 1 amide bonds. The van der Waals surface area contributed by atoms with E-state index < -0.39 is 10.0 Å². The van der Waals surface area contributed by atoms with Gasteiger partial charge in [0, 0.05) is 30.9 Å². The van der Waals surface area contributed by atoms with Gasteiger partial charge in [0.25, 0.3) is 5.91 Å². The first-order valence-electron chi connectivity index (χ1n) is 7.77. The van der Waals surface area contributed by atoms with E-state index in [0.717, 1.165) is 18.5 Å². The lowest BCUT2D eigenvalue weighted by molar-refractivity contribution is 0.0956. The van der Waals surface area contributed by atoms with E-state index >= 15 is 0 Å². The quantitative estimate of drug-likeness (QED) is 0.815. The molecular weight excluding hydrogens is 330 g/mol. The van der Waals surface area contributed by atoms with Gasteiger partial charge >= 0.3 is 0 Å². The Bertz CT molecular complexity index is 798. The summed E-state index contributed by atoms with van der Waals surface area (Å²) >= 11 is 0. The number of nitrogens with zero attached hydrogens (tertiary/aromatic N) is 4. The van der Waals surface area contributed by atoms with Crippen LogP contribution >= 0.6 is 0 Å². The van der Waals surface area contributed by atoms with Gasteiger partial charge in [-0.15, -0.1) is 10.2 Å². The highest BCUT2D eigenvalue weighted by Gasteiger charge is 2.24. The number of hydrogen-bond donors (Lipinski definition) is 1. The number of sulfonamides is 1. The molecule has 0 bridgehead atoms. The summed E-state index contributed by atoms with van der Waals surface area (Å²) in [7, 11) is -3.28. The molecule has 128 valence electrons. The standard InChI is InChI=1S/C15H19N5O3S/c21-15(16-6-9-24(22,23)20-7-1-2-8-20)13-4-3-5-14(10-13)19-11-17-18-12-19/h3-5,10-12H,1-2,6-9H2,(H,16,21). The van der Waals surface area contributed by atoms with E-state index in [1.807, 2.05) is 6.07 Å². The molecule has 1 N–H and O–H groups in total. The van der Waals surface area contributed by atoms with E-state index in [9.17, 15) is 13.2 Å². The van der Waals surface area contributed by atoms with Gasteiger partial charge < -0.3 is 5.32 Å². The fraction of sp³-hybridized carbons (Fsp3) is 0.400. The number of nitrogens with one attached hydrogen (secondary N) is 1. The molecule has 1 saturated heterocycles. The van der Waals surface area contributed by atoms with Gasteiger partial charge in [0.05, 0.1) is 5.75 Å². The summed E-state index contributed by atoms with van der Waals surface area (Å²) in [6.07, 6.45) is 4.89. The van der Waals surface area contributed by atoms with Gasteiger partial charge in [0.1, 0.15) is 12.7 Å². The lowest BCUT2D eigenvalue weighted by Gasteiger charge is -2.15. The van der Waals surface area contributed by atoms with Crippen LogP contribution in [0.3, 0.4) is 0 Å². The maximum Gasteiger partial charge on any atom is 0.251 e. The van der Waals surface area contributed by atoms with Gasteiger partial charge in [-0.2, -0.15) is 0 Å². The minimum absolute atomic E-state index is 0.0795. The van der Waals surface area contributed by atoms with E-state index in [-0.39, 0.29) is 18.2 Å². The van der Waals surface area contributed by atoms with Gasteiger partial charge in [0.2, 0.25) is 10.0 Å². The molecule has 0 saturated carbocycles. The van der Waals surface area contributed by atoms with Crippen molar-refractivity contribution in [2.45, 2.75) is 12.8 Å². The summed E-state index contributed by atoms with van der Waals surface area (Å²) in [5, 5.41) is 10.1. The average molecular weight is 349 g/mol. The smallest absolute Gasteiger partial charge is 0.251 e. The number of carbonyl (C=O) groups is 1. The van der Waals surface area contributed by atoms with Crippen LogP contribution < -0.4 is 5.32 Å². The molecule has 2 aromatic rings. The van der Waals surface area contributed by atoms with Crippen LogP contribution in [0.4, 0.5) is 0 Å². The predicted octanol–water partition coefficient (Wildman–Crippen LogP) is 0.423. The molecule has 0 spiro atoms. The Kier molecular flexibility index (Phi) is 4.91. The van der Waals surface area contributed by atoms with Crippen LogP contribution in [0.2, 0.25) is 0 Å². The maximum atomic E-state index is 12.2. The van der Waals surface area contributed by atoms with Crippen LogP contribution in [0.1, 0.15) is 23.2 Å².